The van der Waals surface area contributed by atoms with Crippen molar-refractivity contribution in [2.45, 2.75) is 48.9 Å². The first kappa shape index (κ1) is 30.4. The lowest BCUT2D eigenvalue weighted by Gasteiger charge is -2.41. The summed E-state index contributed by atoms with van der Waals surface area (Å²) >= 11 is 1.60. The molecule has 43 heavy (non-hydrogen) atoms. The van der Waals surface area contributed by atoms with Crippen LogP contribution < -0.4 is 0 Å². The molecule has 3 saturated heterocycles. The number of hydrogen-bond donors (Lipinski definition) is 1. The number of nitrogens with zero attached hydrogens (tertiary/aromatic N) is 4. The zero-order valence-electron chi connectivity index (χ0n) is 25.4. The van der Waals surface area contributed by atoms with Gasteiger partial charge in [-0.15, -0.1) is 11.8 Å². The predicted octanol–water partition coefficient (Wildman–Crippen LogP) is 2.02. The topological polar surface area (TPSA) is 93.6 Å². The molecule has 10 heteroatoms. The summed E-state index contributed by atoms with van der Waals surface area (Å²) in [6.07, 6.45) is 8.24. The summed E-state index contributed by atoms with van der Waals surface area (Å²) in [7, 11) is 0. The number of carbonyl (C=O) groups is 3. The molecule has 0 bridgehead atoms. The van der Waals surface area contributed by atoms with Gasteiger partial charge in [-0.05, 0) is 18.4 Å². The van der Waals surface area contributed by atoms with E-state index >= 15 is 0 Å². The Hall–Kier alpha value is -2.66. The van der Waals surface area contributed by atoms with E-state index in [1.165, 1.54) is 0 Å². The lowest BCUT2D eigenvalue weighted by molar-refractivity contribution is -0.148. The van der Waals surface area contributed by atoms with Crippen molar-refractivity contribution >= 4 is 29.5 Å². The zero-order chi connectivity index (χ0) is 30.4. The number of likely N-dealkylation sites (tertiary alicyclic amines) is 1. The van der Waals surface area contributed by atoms with E-state index in [-0.39, 0.29) is 30.2 Å². The molecule has 232 valence electrons. The molecule has 1 aromatic rings. The molecule has 1 aromatic carbocycles. The molecule has 1 N–H and O–H groups in total. The van der Waals surface area contributed by atoms with Gasteiger partial charge >= 0.3 is 0 Å². The molecule has 5 aliphatic heterocycles. The summed E-state index contributed by atoms with van der Waals surface area (Å²) in [4.78, 5) is 51.5. The summed E-state index contributed by atoms with van der Waals surface area (Å²) in [5.74, 6) is -1.77. The summed E-state index contributed by atoms with van der Waals surface area (Å²) in [6.45, 7) is 11.5. The minimum atomic E-state index is -0.917. The molecule has 3 fully saturated rings. The first-order valence-electron chi connectivity index (χ1n) is 15.6. The smallest absolute Gasteiger partial charge is 0.247 e. The standard InChI is InChI=1S/C33H44N4O5S/c1-23(2)25(22-38)37-28-31(41)35(16-15-34-17-19-42-20-18-34)13-8-12-33(28)27(30(37)40)26-29(39)36(14-7-11-32(26,3)43-33)21-24-9-5-4-6-10-24/h4-12,23,25-28,38H,13-22H2,1-3H3/t25-,26+,27-,28?,32-,33-/m0/s1. The number of morpholine rings is 1. The molecule has 6 rings (SSSR count). The molecule has 5 aliphatic rings. The Morgan fingerprint density at radius 1 is 0.930 bits per heavy atom. The number of rotatable bonds is 8. The second-order valence-corrected chi connectivity index (χ2v) is 14.8. The van der Waals surface area contributed by atoms with Crippen LogP contribution in [0, 0.1) is 17.8 Å². The summed E-state index contributed by atoms with van der Waals surface area (Å²) in [5, 5.41) is 10.6. The third-order valence-electron chi connectivity index (χ3n) is 9.98. The van der Waals surface area contributed by atoms with Crippen LogP contribution in [0.3, 0.4) is 0 Å². The van der Waals surface area contributed by atoms with E-state index in [4.69, 9.17) is 4.74 Å². The van der Waals surface area contributed by atoms with Crippen LogP contribution in [0.15, 0.2) is 54.6 Å². The van der Waals surface area contributed by atoms with E-state index in [1.54, 1.807) is 16.7 Å². The SMILES string of the molecule is CC(C)[C@H](CO)N1C(=O)[C@@H]2[C@@H]3C(=O)N(Cc4ccccc4)CC=C[C@]3(C)S[C@@]23C=CCN(CCN2CCOCC2)C(=O)C13. The molecule has 9 nitrogen and oxygen atoms in total. The minimum Gasteiger partial charge on any atom is -0.394 e. The third-order valence-corrected chi connectivity index (χ3v) is 11.8. The van der Waals surface area contributed by atoms with Gasteiger partial charge in [0.05, 0.1) is 42.4 Å². The van der Waals surface area contributed by atoms with E-state index in [2.05, 4.69) is 24.0 Å². The van der Waals surface area contributed by atoms with Crippen molar-refractivity contribution in [2.75, 3.05) is 59.1 Å². The van der Waals surface area contributed by atoms with Gasteiger partial charge in [0.1, 0.15) is 6.04 Å². The highest BCUT2D eigenvalue weighted by atomic mass is 32.2. The van der Waals surface area contributed by atoms with Crippen LogP contribution in [-0.2, 0) is 25.7 Å². The van der Waals surface area contributed by atoms with Crippen molar-refractivity contribution in [2.24, 2.45) is 17.8 Å². The number of thioether (sulfide) groups is 1. The fourth-order valence-corrected chi connectivity index (χ4v) is 9.91. The van der Waals surface area contributed by atoms with Crippen molar-refractivity contribution in [3.63, 3.8) is 0 Å². The number of amides is 3. The lowest BCUT2D eigenvalue weighted by atomic mass is 9.74. The van der Waals surface area contributed by atoms with Gasteiger partial charge in [-0.1, -0.05) is 68.5 Å². The van der Waals surface area contributed by atoms with Gasteiger partial charge in [0.25, 0.3) is 0 Å². The van der Waals surface area contributed by atoms with Crippen molar-refractivity contribution < 1.29 is 24.2 Å². The van der Waals surface area contributed by atoms with Crippen LogP contribution in [0.5, 0.6) is 0 Å². The highest BCUT2D eigenvalue weighted by Crippen LogP contribution is 2.66. The van der Waals surface area contributed by atoms with E-state index in [1.807, 2.05) is 66.1 Å². The summed E-state index contributed by atoms with van der Waals surface area (Å²) in [5.41, 5.74) is 1.03. The normalized spacial score (nSPS) is 33.5. The average Bonchev–Trinajstić information content (AvgIpc) is 3.27. The molecule has 0 aliphatic carbocycles. The molecule has 0 aromatic heterocycles. The molecule has 5 heterocycles. The van der Waals surface area contributed by atoms with Gasteiger partial charge in [-0.25, -0.2) is 0 Å². The predicted molar refractivity (Wildman–Crippen MR) is 166 cm³/mol. The quantitative estimate of drug-likeness (QED) is 0.452. The van der Waals surface area contributed by atoms with Crippen LogP contribution in [0.4, 0.5) is 0 Å². The molecule has 0 radical (unpaired) electrons. The van der Waals surface area contributed by atoms with Gasteiger partial charge in [-0.2, -0.15) is 0 Å². The van der Waals surface area contributed by atoms with Crippen molar-refractivity contribution in [1.82, 2.24) is 19.6 Å². The number of carbonyl (C=O) groups excluding carboxylic acids is 3. The maximum Gasteiger partial charge on any atom is 0.247 e. The summed E-state index contributed by atoms with van der Waals surface area (Å²) in [6, 6.07) is 8.59. The first-order chi connectivity index (χ1) is 20.7. The van der Waals surface area contributed by atoms with Gasteiger partial charge in [0, 0.05) is 50.6 Å². The number of benzene rings is 1. The van der Waals surface area contributed by atoms with E-state index in [0.29, 0.717) is 39.4 Å². The van der Waals surface area contributed by atoms with Crippen LogP contribution in [0.1, 0.15) is 26.3 Å². The van der Waals surface area contributed by atoms with E-state index in [0.717, 1.165) is 25.2 Å². The Morgan fingerprint density at radius 2 is 1.63 bits per heavy atom. The maximum absolute atomic E-state index is 14.7. The highest BCUT2D eigenvalue weighted by Gasteiger charge is 2.74. The Labute approximate surface area is 258 Å². The monoisotopic (exact) mass is 608 g/mol. The zero-order valence-corrected chi connectivity index (χ0v) is 26.2. The molecular weight excluding hydrogens is 564 g/mol. The summed E-state index contributed by atoms with van der Waals surface area (Å²) < 4.78 is 3.92. The third kappa shape index (κ3) is 5.24. The Balaban J connectivity index is 1.38. The van der Waals surface area contributed by atoms with Crippen LogP contribution in [0.25, 0.3) is 0 Å². The second kappa shape index (κ2) is 12.0. The van der Waals surface area contributed by atoms with E-state index < -0.39 is 33.4 Å². The Kier molecular flexibility index (Phi) is 8.49. The van der Waals surface area contributed by atoms with Crippen molar-refractivity contribution in [3.05, 3.63) is 60.2 Å². The highest BCUT2D eigenvalue weighted by molar-refractivity contribution is 8.02. The average molecular weight is 609 g/mol. The fraction of sp³-hybridized carbons (Fsp3) is 0.606. The van der Waals surface area contributed by atoms with E-state index in [9.17, 15) is 19.5 Å². The number of ether oxygens (including phenoxy) is 1. The molecule has 6 atom stereocenters. The Bertz CT molecular complexity index is 1280. The number of aliphatic hydroxyl groups is 1. The van der Waals surface area contributed by atoms with Gasteiger partial charge in [0.15, 0.2) is 0 Å². The van der Waals surface area contributed by atoms with Crippen molar-refractivity contribution in [1.29, 1.82) is 0 Å². The molecule has 0 saturated carbocycles. The Morgan fingerprint density at radius 3 is 2.33 bits per heavy atom. The second-order valence-electron chi connectivity index (χ2n) is 13.0. The minimum absolute atomic E-state index is 0.0564. The lowest BCUT2D eigenvalue weighted by Crippen LogP contribution is -2.58. The van der Waals surface area contributed by atoms with Gasteiger partial charge in [-0.3, -0.25) is 19.3 Å². The number of fused-ring (bicyclic) bond motifs is 2. The number of hydrogen-bond acceptors (Lipinski definition) is 7. The molecule has 1 spiro atoms. The van der Waals surface area contributed by atoms with Gasteiger partial charge < -0.3 is 24.5 Å². The van der Waals surface area contributed by atoms with Crippen LogP contribution in [0.2, 0.25) is 0 Å². The van der Waals surface area contributed by atoms with Gasteiger partial charge in [0.2, 0.25) is 17.7 Å². The maximum atomic E-state index is 14.7. The largest absolute Gasteiger partial charge is 0.394 e. The fourth-order valence-electron chi connectivity index (χ4n) is 7.77. The number of aliphatic hydroxyl groups excluding tert-OH is 1. The van der Waals surface area contributed by atoms with Crippen LogP contribution >= 0.6 is 11.8 Å². The van der Waals surface area contributed by atoms with Crippen molar-refractivity contribution in [3.8, 4) is 0 Å². The molecular formula is C33H44N4O5S. The first-order valence-corrected chi connectivity index (χ1v) is 16.4. The van der Waals surface area contributed by atoms with Crippen LogP contribution in [-0.4, -0.2) is 123 Å². The molecule has 3 amide bonds. The molecule has 1 unspecified atom stereocenters.